The van der Waals surface area contributed by atoms with E-state index in [0.717, 1.165) is 29.7 Å². The molecule has 0 aliphatic rings. The fourth-order valence-corrected chi connectivity index (χ4v) is 5.75. The van der Waals surface area contributed by atoms with Crippen LogP contribution < -0.4 is 5.32 Å². The summed E-state index contributed by atoms with van der Waals surface area (Å²) < 4.78 is 30.6. The van der Waals surface area contributed by atoms with Gasteiger partial charge in [0.15, 0.2) is 0 Å². The van der Waals surface area contributed by atoms with E-state index in [1.165, 1.54) is 4.31 Å². The Labute approximate surface area is 196 Å². The van der Waals surface area contributed by atoms with E-state index < -0.39 is 10.0 Å². The number of nitrogens with zero attached hydrogens (tertiary/aromatic N) is 3. The number of sulfonamides is 1. The largest absolute Gasteiger partial charge is 0.355 e. The monoisotopic (exact) mass is 468 g/mol. The highest BCUT2D eigenvalue weighted by Crippen LogP contribution is 2.26. The van der Waals surface area contributed by atoms with Crippen molar-refractivity contribution < 1.29 is 13.2 Å². The van der Waals surface area contributed by atoms with Gasteiger partial charge in [-0.15, -0.1) is 0 Å². The SMILES string of the molecule is Cc1ccc(CN(CC(=O)NCCCn2ccnc2)S(=O)(=O)c2c(C)cc(C)cc2C)cc1. The van der Waals surface area contributed by atoms with E-state index in [1.807, 2.05) is 61.0 Å². The molecule has 0 aliphatic heterocycles. The minimum absolute atomic E-state index is 0.123. The summed E-state index contributed by atoms with van der Waals surface area (Å²) in [4.78, 5) is 17.0. The Morgan fingerprint density at radius 3 is 2.30 bits per heavy atom. The lowest BCUT2D eigenvalue weighted by Crippen LogP contribution is -2.41. The number of nitrogens with one attached hydrogen (secondary N) is 1. The van der Waals surface area contributed by atoms with Gasteiger partial charge in [-0.3, -0.25) is 4.79 Å². The number of carbonyl (C=O) groups is 1. The van der Waals surface area contributed by atoms with Crippen LogP contribution in [0.2, 0.25) is 0 Å². The molecule has 1 aromatic heterocycles. The average Bonchev–Trinajstić information content (AvgIpc) is 3.25. The smallest absolute Gasteiger partial charge is 0.244 e. The molecular formula is C25H32N4O3S. The number of carbonyl (C=O) groups excluding carboxylic acids is 1. The lowest BCUT2D eigenvalue weighted by Gasteiger charge is -2.24. The van der Waals surface area contributed by atoms with Crippen LogP contribution in [0.1, 0.15) is 34.2 Å². The van der Waals surface area contributed by atoms with Gasteiger partial charge in [0.1, 0.15) is 0 Å². The van der Waals surface area contributed by atoms with Crippen molar-refractivity contribution >= 4 is 15.9 Å². The zero-order valence-corrected chi connectivity index (χ0v) is 20.5. The van der Waals surface area contributed by atoms with Gasteiger partial charge < -0.3 is 9.88 Å². The highest BCUT2D eigenvalue weighted by molar-refractivity contribution is 7.89. The molecule has 3 aromatic rings. The van der Waals surface area contributed by atoms with Crippen molar-refractivity contribution in [1.29, 1.82) is 0 Å². The zero-order valence-electron chi connectivity index (χ0n) is 19.7. The molecule has 0 aliphatic carbocycles. The third-order valence-corrected chi connectivity index (χ3v) is 7.57. The highest BCUT2D eigenvalue weighted by atomic mass is 32.2. The van der Waals surface area contributed by atoms with Gasteiger partial charge in [0.2, 0.25) is 15.9 Å². The third kappa shape index (κ3) is 6.52. The maximum Gasteiger partial charge on any atom is 0.244 e. The number of aromatic nitrogens is 2. The van der Waals surface area contributed by atoms with Crippen LogP contribution in [-0.2, 0) is 27.9 Å². The van der Waals surface area contributed by atoms with Crippen molar-refractivity contribution in [3.05, 3.63) is 82.9 Å². The molecule has 0 spiro atoms. The molecule has 0 atom stereocenters. The summed E-state index contributed by atoms with van der Waals surface area (Å²) in [7, 11) is -3.89. The predicted octanol–water partition coefficient (Wildman–Crippen LogP) is 3.51. The topological polar surface area (TPSA) is 84.3 Å². The van der Waals surface area contributed by atoms with Gasteiger partial charge in [0.25, 0.3) is 0 Å². The summed E-state index contributed by atoms with van der Waals surface area (Å²) in [5.74, 6) is -0.321. The molecule has 1 heterocycles. The molecule has 2 aromatic carbocycles. The summed E-state index contributed by atoms with van der Waals surface area (Å²) in [6.45, 7) is 8.59. The standard InChI is InChI=1S/C25H32N4O3S/c1-19-6-8-23(9-7-19)16-29(17-24(30)27-10-5-12-28-13-11-26-18-28)33(31,32)25-21(3)14-20(2)15-22(25)4/h6-9,11,13-15,18H,5,10,12,16-17H2,1-4H3,(H,27,30). The van der Waals surface area contributed by atoms with Crippen LogP contribution in [-0.4, -0.2) is 41.3 Å². The molecule has 33 heavy (non-hydrogen) atoms. The second-order valence-corrected chi connectivity index (χ2v) is 10.4. The van der Waals surface area contributed by atoms with Crippen LogP contribution in [0.3, 0.4) is 0 Å². The summed E-state index contributed by atoms with van der Waals surface area (Å²) in [5.41, 5.74) is 4.29. The third-order valence-electron chi connectivity index (χ3n) is 5.48. The van der Waals surface area contributed by atoms with Gasteiger partial charge in [0.05, 0.1) is 17.8 Å². The molecule has 0 radical (unpaired) electrons. The van der Waals surface area contributed by atoms with E-state index in [2.05, 4.69) is 10.3 Å². The van der Waals surface area contributed by atoms with Gasteiger partial charge in [-0.05, 0) is 50.8 Å². The Bertz CT molecular complexity index is 1160. The fourth-order valence-electron chi connectivity index (χ4n) is 3.95. The van der Waals surface area contributed by atoms with Crippen molar-refractivity contribution in [2.75, 3.05) is 13.1 Å². The lowest BCUT2D eigenvalue weighted by molar-refractivity contribution is -0.121. The highest BCUT2D eigenvalue weighted by Gasteiger charge is 2.29. The van der Waals surface area contributed by atoms with E-state index in [9.17, 15) is 13.2 Å². The van der Waals surface area contributed by atoms with E-state index in [0.29, 0.717) is 17.7 Å². The number of hydrogen-bond donors (Lipinski definition) is 1. The molecule has 0 saturated heterocycles. The molecule has 176 valence electrons. The Balaban J connectivity index is 1.78. The molecule has 3 rings (SSSR count). The van der Waals surface area contributed by atoms with Crippen molar-refractivity contribution in [3.63, 3.8) is 0 Å². The van der Waals surface area contributed by atoms with Crippen LogP contribution in [0.25, 0.3) is 0 Å². The van der Waals surface area contributed by atoms with Gasteiger partial charge >= 0.3 is 0 Å². The number of aryl methyl sites for hydroxylation is 5. The van der Waals surface area contributed by atoms with E-state index in [4.69, 9.17) is 0 Å². The minimum atomic E-state index is -3.89. The average molecular weight is 469 g/mol. The molecule has 1 amide bonds. The van der Waals surface area contributed by atoms with Crippen LogP contribution in [0.15, 0.2) is 60.0 Å². The quantitative estimate of drug-likeness (QED) is 0.462. The van der Waals surface area contributed by atoms with Crippen LogP contribution in [0.5, 0.6) is 0 Å². The van der Waals surface area contributed by atoms with Crippen LogP contribution in [0.4, 0.5) is 0 Å². The van der Waals surface area contributed by atoms with Gasteiger partial charge in [-0.25, -0.2) is 13.4 Å². The molecular weight excluding hydrogens is 436 g/mol. The normalized spacial score (nSPS) is 11.7. The van der Waals surface area contributed by atoms with E-state index >= 15 is 0 Å². The number of benzene rings is 2. The summed E-state index contributed by atoms with van der Waals surface area (Å²) in [6, 6.07) is 11.4. The first-order valence-corrected chi connectivity index (χ1v) is 12.5. The summed E-state index contributed by atoms with van der Waals surface area (Å²) in [5, 5.41) is 2.85. The van der Waals surface area contributed by atoms with Crippen molar-refractivity contribution in [2.45, 2.75) is 52.1 Å². The van der Waals surface area contributed by atoms with E-state index in [1.54, 1.807) is 26.4 Å². The molecule has 0 unspecified atom stereocenters. The number of amides is 1. The first-order valence-electron chi connectivity index (χ1n) is 11.0. The molecule has 7 nitrogen and oxygen atoms in total. The Morgan fingerprint density at radius 2 is 1.70 bits per heavy atom. The Morgan fingerprint density at radius 1 is 1.03 bits per heavy atom. The Hall–Kier alpha value is -2.97. The van der Waals surface area contributed by atoms with Gasteiger partial charge in [-0.1, -0.05) is 47.5 Å². The fraction of sp³-hybridized carbons (Fsp3) is 0.360. The zero-order chi connectivity index (χ0) is 24.0. The van der Waals surface area contributed by atoms with Gasteiger partial charge in [0, 0.05) is 32.0 Å². The number of imidazole rings is 1. The first kappa shape index (κ1) is 24.7. The second kappa shape index (κ2) is 10.8. The summed E-state index contributed by atoms with van der Waals surface area (Å²) in [6.07, 6.45) is 6.03. The molecule has 1 N–H and O–H groups in total. The Kier molecular flexibility index (Phi) is 8.05. The van der Waals surface area contributed by atoms with E-state index in [-0.39, 0.29) is 23.9 Å². The summed E-state index contributed by atoms with van der Waals surface area (Å²) >= 11 is 0. The maximum absolute atomic E-state index is 13.7. The molecule has 0 fully saturated rings. The number of hydrogen-bond acceptors (Lipinski definition) is 4. The molecule has 0 bridgehead atoms. The number of rotatable bonds is 10. The molecule has 0 saturated carbocycles. The maximum atomic E-state index is 13.7. The van der Waals surface area contributed by atoms with Gasteiger partial charge in [-0.2, -0.15) is 4.31 Å². The minimum Gasteiger partial charge on any atom is -0.355 e. The lowest BCUT2D eigenvalue weighted by atomic mass is 10.1. The van der Waals surface area contributed by atoms with Crippen LogP contribution in [0, 0.1) is 27.7 Å². The van der Waals surface area contributed by atoms with Crippen molar-refractivity contribution in [2.24, 2.45) is 0 Å². The molecule has 8 heteroatoms. The predicted molar refractivity (Wildman–Crippen MR) is 129 cm³/mol. The van der Waals surface area contributed by atoms with Crippen LogP contribution >= 0.6 is 0 Å². The van der Waals surface area contributed by atoms with Crippen molar-refractivity contribution in [3.8, 4) is 0 Å². The second-order valence-electron chi connectivity index (χ2n) is 8.49. The van der Waals surface area contributed by atoms with Crippen molar-refractivity contribution in [1.82, 2.24) is 19.2 Å². The first-order chi connectivity index (χ1) is 15.7.